The van der Waals surface area contributed by atoms with Gasteiger partial charge in [0.25, 0.3) is 0 Å². The fraction of sp³-hybridized carbons (Fsp3) is 0.625. The molecule has 0 spiro atoms. The Bertz CT molecular complexity index is 456. The Kier molecular flexibility index (Phi) is 5.96. The number of ether oxygens (including phenoxy) is 2. The van der Waals surface area contributed by atoms with Crippen LogP contribution in [0.3, 0.4) is 0 Å². The van der Waals surface area contributed by atoms with Crippen LogP contribution in [0.15, 0.2) is 18.2 Å². The normalized spacial score (nSPS) is 21.2. The van der Waals surface area contributed by atoms with E-state index in [1.807, 2.05) is 6.92 Å². The van der Waals surface area contributed by atoms with Gasteiger partial charge >= 0.3 is 0 Å². The average molecular weight is 296 g/mol. The number of hydrogen-bond donors (Lipinski definition) is 1. The molecule has 1 aromatic rings. The van der Waals surface area contributed by atoms with Crippen molar-refractivity contribution in [3.05, 3.63) is 29.6 Å². The van der Waals surface area contributed by atoms with Crippen molar-refractivity contribution in [2.75, 3.05) is 39.9 Å². The van der Waals surface area contributed by atoms with Gasteiger partial charge in [-0.15, -0.1) is 0 Å². The molecule has 4 nitrogen and oxygen atoms in total. The fourth-order valence-electron chi connectivity index (χ4n) is 2.56. The minimum Gasteiger partial charge on any atom is -0.490 e. The second-order valence-electron chi connectivity index (χ2n) is 5.53. The monoisotopic (exact) mass is 296 g/mol. The molecule has 2 rings (SSSR count). The summed E-state index contributed by atoms with van der Waals surface area (Å²) in [5, 5.41) is 3.32. The lowest BCUT2D eigenvalue weighted by molar-refractivity contribution is -0.0405. The summed E-state index contributed by atoms with van der Waals surface area (Å²) in [6, 6.07) is 4.84. The molecule has 1 saturated heterocycles. The molecule has 1 aliphatic rings. The second kappa shape index (κ2) is 7.73. The molecule has 2 unspecified atom stereocenters. The molecule has 1 N–H and O–H groups in total. The zero-order chi connectivity index (χ0) is 15.2. The summed E-state index contributed by atoms with van der Waals surface area (Å²) in [6.07, 6.45) is 0.0364. The van der Waals surface area contributed by atoms with Crippen molar-refractivity contribution in [1.82, 2.24) is 10.2 Å². The molecule has 2 atom stereocenters. The number of nitrogens with zero attached hydrogens (tertiary/aromatic N) is 1. The van der Waals surface area contributed by atoms with Gasteiger partial charge in [0.05, 0.1) is 6.61 Å². The number of halogens is 1. The molecule has 0 aliphatic carbocycles. The van der Waals surface area contributed by atoms with Crippen molar-refractivity contribution >= 4 is 0 Å². The Balaban J connectivity index is 2.02. The van der Waals surface area contributed by atoms with E-state index in [1.54, 1.807) is 6.07 Å². The highest BCUT2D eigenvalue weighted by atomic mass is 19.1. The molecule has 0 radical (unpaired) electrons. The molecule has 1 aromatic carbocycles. The first-order valence-electron chi connectivity index (χ1n) is 7.56. The van der Waals surface area contributed by atoms with E-state index >= 15 is 0 Å². The van der Waals surface area contributed by atoms with E-state index in [-0.39, 0.29) is 18.0 Å². The van der Waals surface area contributed by atoms with Gasteiger partial charge in [-0.2, -0.15) is 0 Å². The molecule has 21 heavy (non-hydrogen) atoms. The van der Waals surface area contributed by atoms with E-state index in [4.69, 9.17) is 9.47 Å². The van der Waals surface area contributed by atoms with Gasteiger partial charge in [-0.3, -0.25) is 0 Å². The van der Waals surface area contributed by atoms with Gasteiger partial charge in [-0.1, -0.05) is 13.0 Å². The van der Waals surface area contributed by atoms with Gasteiger partial charge < -0.3 is 19.7 Å². The van der Waals surface area contributed by atoms with Crippen molar-refractivity contribution in [1.29, 1.82) is 0 Å². The zero-order valence-electron chi connectivity index (χ0n) is 13.1. The van der Waals surface area contributed by atoms with Crippen LogP contribution in [0.4, 0.5) is 4.39 Å². The molecule has 1 heterocycles. The summed E-state index contributed by atoms with van der Waals surface area (Å²) in [6.45, 7) is 7.90. The highest BCUT2D eigenvalue weighted by Gasteiger charge is 2.19. The van der Waals surface area contributed by atoms with Crippen molar-refractivity contribution in [3.8, 4) is 5.75 Å². The fourth-order valence-corrected chi connectivity index (χ4v) is 2.56. The van der Waals surface area contributed by atoms with E-state index in [0.29, 0.717) is 19.0 Å². The van der Waals surface area contributed by atoms with Crippen LogP contribution in [0, 0.1) is 5.82 Å². The van der Waals surface area contributed by atoms with E-state index < -0.39 is 0 Å². The van der Waals surface area contributed by atoms with Gasteiger partial charge in [0.1, 0.15) is 24.3 Å². The molecule has 1 fully saturated rings. The summed E-state index contributed by atoms with van der Waals surface area (Å²) in [7, 11) is 2.07. The predicted molar refractivity (Wildman–Crippen MR) is 81.2 cm³/mol. The molecule has 0 amide bonds. The molecule has 5 heteroatoms. The van der Waals surface area contributed by atoms with Crippen molar-refractivity contribution in [2.24, 2.45) is 0 Å². The summed E-state index contributed by atoms with van der Waals surface area (Å²) in [4.78, 5) is 2.21. The van der Waals surface area contributed by atoms with Crippen LogP contribution in [0.25, 0.3) is 0 Å². The zero-order valence-corrected chi connectivity index (χ0v) is 13.1. The maximum Gasteiger partial charge on any atom is 0.127 e. The van der Waals surface area contributed by atoms with Crippen molar-refractivity contribution in [2.45, 2.75) is 26.0 Å². The maximum absolute atomic E-state index is 13.5. The first-order chi connectivity index (χ1) is 10.1. The van der Waals surface area contributed by atoms with Gasteiger partial charge in [-0.05, 0) is 26.6 Å². The molecular weight excluding hydrogens is 271 g/mol. The van der Waals surface area contributed by atoms with Crippen molar-refractivity contribution < 1.29 is 13.9 Å². The first-order valence-corrected chi connectivity index (χ1v) is 7.56. The van der Waals surface area contributed by atoms with Crippen LogP contribution < -0.4 is 10.1 Å². The van der Waals surface area contributed by atoms with E-state index in [2.05, 4.69) is 24.2 Å². The molecule has 0 saturated carbocycles. The lowest BCUT2D eigenvalue weighted by Gasteiger charge is -2.30. The lowest BCUT2D eigenvalue weighted by atomic mass is 10.1. The first kappa shape index (κ1) is 16.2. The average Bonchev–Trinajstić information content (AvgIpc) is 2.45. The van der Waals surface area contributed by atoms with Crippen LogP contribution in [0.5, 0.6) is 5.75 Å². The van der Waals surface area contributed by atoms with Crippen LogP contribution in [-0.2, 0) is 4.74 Å². The number of nitrogens with one attached hydrogen (secondary N) is 1. The third-order valence-electron chi connectivity index (χ3n) is 3.72. The minimum atomic E-state index is -0.279. The third kappa shape index (κ3) is 4.66. The Morgan fingerprint density at radius 2 is 2.33 bits per heavy atom. The highest BCUT2D eigenvalue weighted by Crippen LogP contribution is 2.26. The van der Waals surface area contributed by atoms with E-state index in [0.717, 1.165) is 25.2 Å². The van der Waals surface area contributed by atoms with Crippen molar-refractivity contribution in [3.63, 3.8) is 0 Å². The summed E-state index contributed by atoms with van der Waals surface area (Å²) in [5.41, 5.74) is 0.974. The number of benzene rings is 1. The Morgan fingerprint density at radius 3 is 3.05 bits per heavy atom. The Morgan fingerprint density at radius 1 is 1.52 bits per heavy atom. The summed E-state index contributed by atoms with van der Waals surface area (Å²) < 4.78 is 25.0. The minimum absolute atomic E-state index is 0.0364. The molecule has 0 aromatic heterocycles. The summed E-state index contributed by atoms with van der Waals surface area (Å²) >= 11 is 0. The largest absolute Gasteiger partial charge is 0.490 e. The number of likely N-dealkylation sites (N-methyl/N-ethyl adjacent to an activating group) is 1. The van der Waals surface area contributed by atoms with Gasteiger partial charge in [0.2, 0.25) is 0 Å². The van der Waals surface area contributed by atoms with Crippen LogP contribution in [-0.4, -0.2) is 50.9 Å². The lowest BCUT2D eigenvalue weighted by Crippen LogP contribution is -2.42. The number of morpholine rings is 1. The topological polar surface area (TPSA) is 33.7 Å². The predicted octanol–water partition coefficient (Wildman–Crippen LogP) is 2.21. The number of hydrogen-bond acceptors (Lipinski definition) is 4. The SMILES string of the molecule is CCNC(C)c1ccc(F)cc1OCC1CN(C)CCO1. The molecule has 1 aliphatic heterocycles. The van der Waals surface area contributed by atoms with Gasteiger partial charge in [-0.25, -0.2) is 4.39 Å². The molecule has 118 valence electrons. The Hall–Kier alpha value is -1.17. The quantitative estimate of drug-likeness (QED) is 0.872. The highest BCUT2D eigenvalue weighted by molar-refractivity contribution is 5.36. The van der Waals surface area contributed by atoms with Gasteiger partial charge in [0, 0.05) is 30.8 Å². The number of rotatable bonds is 6. The van der Waals surface area contributed by atoms with Gasteiger partial charge in [0.15, 0.2) is 0 Å². The van der Waals surface area contributed by atoms with E-state index in [9.17, 15) is 4.39 Å². The molecule has 0 bridgehead atoms. The Labute approximate surface area is 126 Å². The van der Waals surface area contributed by atoms with Crippen LogP contribution >= 0.6 is 0 Å². The standard InChI is InChI=1S/C16H25FN2O2/c1-4-18-12(2)15-6-5-13(17)9-16(15)21-11-14-10-19(3)7-8-20-14/h5-6,9,12,14,18H,4,7-8,10-11H2,1-3H3. The van der Waals surface area contributed by atoms with Crippen LogP contribution in [0.1, 0.15) is 25.5 Å². The maximum atomic E-state index is 13.5. The molecular formula is C16H25FN2O2. The summed E-state index contributed by atoms with van der Waals surface area (Å²) in [5.74, 6) is 0.319. The van der Waals surface area contributed by atoms with Crippen LogP contribution in [0.2, 0.25) is 0 Å². The third-order valence-corrected chi connectivity index (χ3v) is 3.72. The smallest absolute Gasteiger partial charge is 0.127 e. The second-order valence-corrected chi connectivity index (χ2v) is 5.53. The van der Waals surface area contributed by atoms with E-state index in [1.165, 1.54) is 12.1 Å².